The lowest BCUT2D eigenvalue weighted by Gasteiger charge is -2.28. The minimum atomic E-state index is -4.51. The number of hydrogen-bond donors (Lipinski definition) is 6. The van der Waals surface area contributed by atoms with Gasteiger partial charge in [0.15, 0.2) is 11.6 Å². The van der Waals surface area contributed by atoms with Gasteiger partial charge in [0.05, 0.1) is 62.8 Å². The minimum Gasteiger partial charge on any atom is -0.382 e. The van der Waals surface area contributed by atoms with Crippen LogP contribution < -0.4 is 16.4 Å². The van der Waals surface area contributed by atoms with Crippen LogP contribution in [-0.2, 0) is 60.4 Å². The van der Waals surface area contributed by atoms with Crippen LogP contribution in [-0.4, -0.2) is 130 Å². The van der Waals surface area contributed by atoms with Gasteiger partial charge in [0.25, 0.3) is 0 Å². The molecule has 2 heterocycles. The largest absolute Gasteiger partial charge is 0.382 e. The van der Waals surface area contributed by atoms with Crippen molar-refractivity contribution in [2.45, 2.75) is 110 Å². The lowest BCUT2D eigenvalue weighted by molar-refractivity contribution is -0.140. The highest BCUT2D eigenvalue weighted by Crippen LogP contribution is 2.39. The summed E-state index contributed by atoms with van der Waals surface area (Å²) in [6.07, 6.45) is 4.23. The zero-order valence-corrected chi connectivity index (χ0v) is 37.6. The first kappa shape index (κ1) is 52.0. The molecular formula is C43H67N6O12P. The Morgan fingerprint density at radius 3 is 2.32 bits per heavy atom. The third-order valence-corrected chi connectivity index (χ3v) is 12.0. The molecule has 19 heteroatoms. The van der Waals surface area contributed by atoms with Gasteiger partial charge in [-0.05, 0) is 50.0 Å². The summed E-state index contributed by atoms with van der Waals surface area (Å²) < 4.78 is 28.3. The number of aryl methyl sites for hydroxylation is 1. The van der Waals surface area contributed by atoms with E-state index in [1.807, 2.05) is 32.0 Å². The molecule has 7 N–H and O–H groups in total. The maximum atomic E-state index is 14.2. The number of unbranched alkanes of at least 4 members (excludes halogenated alkanes) is 1. The Kier molecular flexibility index (Phi) is 22.1. The zero-order valence-electron chi connectivity index (χ0n) is 36.7. The van der Waals surface area contributed by atoms with Gasteiger partial charge in [-0.2, -0.15) is 0 Å². The number of amides is 4. The molecule has 1 aromatic carbocycles. The first-order valence-electron chi connectivity index (χ1n) is 21.4. The van der Waals surface area contributed by atoms with Crippen molar-refractivity contribution in [3.8, 4) is 0 Å². The SMILES string of the molecule is COCCOCCC(=O)N1C[C@H](OCCCCc2ccccc2)CC1C(=O)N[C@@H](CC(C)C)C(=O)C[C@@H](Cc1cnc[nH]1)C(=O)N[C@@H](C)C(=O)C[C@H](C(N)=O)[C@@H](C)CP(=O)(O)O. The number of aromatic nitrogens is 2. The second-order valence-corrected chi connectivity index (χ2v) is 18.4. The van der Waals surface area contributed by atoms with Crippen LogP contribution in [0.3, 0.4) is 0 Å². The van der Waals surface area contributed by atoms with Gasteiger partial charge in [-0.3, -0.25) is 33.3 Å². The maximum Gasteiger partial charge on any atom is 0.325 e. The number of hydrogen-bond acceptors (Lipinski definition) is 11. The van der Waals surface area contributed by atoms with Crippen molar-refractivity contribution in [3.05, 3.63) is 54.1 Å². The van der Waals surface area contributed by atoms with E-state index in [1.165, 1.54) is 36.8 Å². The Bertz CT molecular complexity index is 1770. The smallest absolute Gasteiger partial charge is 0.325 e. The van der Waals surface area contributed by atoms with Gasteiger partial charge in [0.2, 0.25) is 23.6 Å². The van der Waals surface area contributed by atoms with E-state index in [0.717, 1.165) is 19.3 Å². The summed E-state index contributed by atoms with van der Waals surface area (Å²) in [6.45, 7) is 8.08. The summed E-state index contributed by atoms with van der Waals surface area (Å²) in [5.74, 6) is -6.56. The van der Waals surface area contributed by atoms with Gasteiger partial charge >= 0.3 is 7.60 Å². The number of ether oxygens (including phenoxy) is 3. The van der Waals surface area contributed by atoms with Crippen molar-refractivity contribution in [2.75, 3.05) is 46.2 Å². The lowest BCUT2D eigenvalue weighted by atomic mass is 9.88. The monoisotopic (exact) mass is 890 g/mol. The highest BCUT2D eigenvalue weighted by Gasteiger charge is 2.41. The number of primary amides is 1. The van der Waals surface area contributed by atoms with Crippen molar-refractivity contribution in [3.63, 3.8) is 0 Å². The fraction of sp³-hybridized carbons (Fsp3) is 0.651. The highest BCUT2D eigenvalue weighted by atomic mass is 31.2. The third kappa shape index (κ3) is 18.6. The fourth-order valence-corrected chi connectivity index (χ4v) is 8.52. The lowest BCUT2D eigenvalue weighted by Crippen LogP contribution is -2.52. The average molecular weight is 891 g/mol. The summed E-state index contributed by atoms with van der Waals surface area (Å²) in [5, 5.41) is 5.54. The second kappa shape index (κ2) is 26.3. The molecule has 1 aliphatic rings. The van der Waals surface area contributed by atoms with Crippen LogP contribution in [0, 0.1) is 23.7 Å². The molecule has 18 nitrogen and oxygen atoms in total. The summed E-state index contributed by atoms with van der Waals surface area (Å²) in [6, 6.07) is 7.06. The summed E-state index contributed by atoms with van der Waals surface area (Å²) >= 11 is 0. The van der Waals surface area contributed by atoms with Gasteiger partial charge in [-0.15, -0.1) is 0 Å². The minimum absolute atomic E-state index is 0.0335. The number of H-pyrrole nitrogens is 1. The molecule has 3 rings (SSSR count). The number of nitrogens with zero attached hydrogens (tertiary/aromatic N) is 2. The summed E-state index contributed by atoms with van der Waals surface area (Å²) in [5.41, 5.74) is 7.26. The van der Waals surface area contributed by atoms with Crippen LogP contribution in [0.2, 0.25) is 0 Å². The molecule has 1 fully saturated rings. The van der Waals surface area contributed by atoms with E-state index >= 15 is 0 Å². The molecule has 0 radical (unpaired) electrons. The van der Waals surface area contributed by atoms with Crippen molar-refractivity contribution < 1.29 is 57.3 Å². The van der Waals surface area contributed by atoms with Crippen LogP contribution in [0.5, 0.6) is 0 Å². The van der Waals surface area contributed by atoms with E-state index in [4.69, 9.17) is 19.9 Å². The molecule has 7 atom stereocenters. The number of rotatable bonds is 30. The first-order chi connectivity index (χ1) is 29.4. The predicted molar refractivity (Wildman–Crippen MR) is 229 cm³/mol. The van der Waals surface area contributed by atoms with Crippen LogP contribution in [0.25, 0.3) is 0 Å². The zero-order chi connectivity index (χ0) is 45.8. The van der Waals surface area contributed by atoms with Gasteiger partial charge < -0.3 is 50.2 Å². The normalized spacial score (nSPS) is 17.8. The van der Waals surface area contributed by atoms with E-state index in [9.17, 15) is 43.1 Å². The second-order valence-electron chi connectivity index (χ2n) is 16.7. The first-order valence-corrected chi connectivity index (χ1v) is 23.2. The molecule has 2 aromatic rings. The molecular weight excluding hydrogens is 823 g/mol. The van der Waals surface area contributed by atoms with Gasteiger partial charge in [-0.1, -0.05) is 51.1 Å². The van der Waals surface area contributed by atoms with Crippen molar-refractivity contribution in [1.29, 1.82) is 0 Å². The predicted octanol–water partition coefficient (Wildman–Crippen LogP) is 2.50. The average Bonchev–Trinajstić information content (AvgIpc) is 3.89. The molecule has 4 amide bonds. The quantitative estimate of drug-likeness (QED) is 0.0487. The third-order valence-electron chi connectivity index (χ3n) is 10.9. The molecule has 1 unspecified atom stereocenters. The number of carbonyl (C=O) groups is 6. The molecule has 1 aromatic heterocycles. The van der Waals surface area contributed by atoms with Crippen molar-refractivity contribution in [1.82, 2.24) is 25.5 Å². The number of nitrogens with two attached hydrogens (primary N) is 1. The number of ketones is 2. The Morgan fingerprint density at radius 2 is 1.69 bits per heavy atom. The fourth-order valence-electron chi connectivity index (χ4n) is 7.52. The number of methoxy groups -OCH3 is 1. The molecule has 62 heavy (non-hydrogen) atoms. The molecule has 346 valence electrons. The topological polar surface area (TPSA) is 270 Å². The van der Waals surface area contributed by atoms with Crippen molar-refractivity contribution in [2.24, 2.45) is 29.4 Å². The highest BCUT2D eigenvalue weighted by molar-refractivity contribution is 7.51. The number of carbonyl (C=O) groups excluding carboxylic acids is 6. The Hall–Kier alpha value is -4.32. The Morgan fingerprint density at radius 1 is 0.968 bits per heavy atom. The molecule has 0 aliphatic carbocycles. The molecule has 0 bridgehead atoms. The van der Waals surface area contributed by atoms with E-state index in [2.05, 4.69) is 32.7 Å². The Labute approximate surface area is 364 Å². The number of imidazole rings is 1. The van der Waals surface area contributed by atoms with Gasteiger partial charge in [-0.25, -0.2) is 4.98 Å². The maximum absolute atomic E-state index is 14.2. The van der Waals surface area contributed by atoms with E-state index < -0.39 is 91.4 Å². The van der Waals surface area contributed by atoms with Crippen LogP contribution in [0.15, 0.2) is 42.9 Å². The summed E-state index contributed by atoms with van der Waals surface area (Å²) in [4.78, 5) is 108. The van der Waals surface area contributed by atoms with Crippen molar-refractivity contribution >= 4 is 42.8 Å². The van der Waals surface area contributed by atoms with Gasteiger partial charge in [0.1, 0.15) is 6.04 Å². The van der Waals surface area contributed by atoms with Crippen LogP contribution in [0.4, 0.5) is 0 Å². The molecule has 1 saturated heterocycles. The van der Waals surface area contributed by atoms with E-state index in [0.29, 0.717) is 25.5 Å². The standard InChI is InChI=1S/C43H67N6O12P/c1-28(2)19-36(39(51)21-32(20-33-24-45-27-46-33)42(54)47-30(4)38(50)23-35(41(44)53)29(3)26-62(56,57)58)48-43(55)37-22-34(25-49(37)40(52)14-16-60-18-17-59-5)61-15-10-9-13-31-11-7-6-8-12-31/h6-8,11-12,24,27-30,32,34-37H,9-10,13-23,25-26H2,1-5H3,(H2,44,53)(H,45,46)(H,47,54)(H,48,55)(H2,56,57,58)/t29-,30-,32+,34+,35-,36-,37?/m0/s1. The molecule has 1 aliphatic heterocycles. The number of benzene rings is 1. The number of likely N-dealkylation sites (tertiary alicyclic amines) is 1. The van der Waals surface area contributed by atoms with E-state index in [1.54, 1.807) is 7.11 Å². The van der Waals surface area contributed by atoms with E-state index in [-0.39, 0.29) is 57.1 Å². The van der Waals surface area contributed by atoms with Gasteiger partial charge in [0, 0.05) is 63.8 Å². The Balaban J connectivity index is 1.73. The number of nitrogens with one attached hydrogen (secondary N) is 3. The van der Waals surface area contributed by atoms with Crippen LogP contribution >= 0.6 is 7.60 Å². The van der Waals surface area contributed by atoms with Crippen LogP contribution in [0.1, 0.15) is 83.9 Å². The molecule has 0 saturated carbocycles. The number of aromatic amines is 1. The summed E-state index contributed by atoms with van der Waals surface area (Å²) in [7, 11) is -2.96. The number of Topliss-reactive ketones (excluding diaryl/α,β-unsaturated/α-hetero) is 2. The molecule has 0 spiro atoms.